The molecule has 2 N–H and O–H groups in total. The molecule has 0 spiro atoms. The topological polar surface area (TPSA) is 90.3 Å². The maximum Gasteiger partial charge on any atom is 0.414 e. The summed E-state index contributed by atoms with van der Waals surface area (Å²) in [4.78, 5) is 23.3. The van der Waals surface area contributed by atoms with E-state index in [0.29, 0.717) is 0 Å². The van der Waals surface area contributed by atoms with Gasteiger partial charge in [0.25, 0.3) is 0 Å². The number of hydrogen-bond donors (Lipinski definition) is 2. The van der Waals surface area contributed by atoms with Crippen molar-refractivity contribution in [2.75, 3.05) is 33.3 Å². The highest BCUT2D eigenvalue weighted by Gasteiger charge is 2.16. The zero-order chi connectivity index (χ0) is 20.4. The van der Waals surface area contributed by atoms with Crippen LogP contribution in [0.2, 0.25) is 0 Å². The molecule has 1 heterocycles. The van der Waals surface area contributed by atoms with Crippen molar-refractivity contribution >= 4 is 11.9 Å². The molecular weight excluding hydrogens is 360 g/mol. The molecule has 150 valence electrons. The van der Waals surface area contributed by atoms with Crippen molar-refractivity contribution in [1.29, 1.82) is 0 Å². The first-order chi connectivity index (χ1) is 13.5. The van der Waals surface area contributed by atoms with E-state index in [1.165, 1.54) is 11.1 Å². The van der Waals surface area contributed by atoms with Crippen LogP contribution in [0.3, 0.4) is 0 Å². The summed E-state index contributed by atoms with van der Waals surface area (Å²) in [6.07, 6.45) is 0. The van der Waals surface area contributed by atoms with Crippen LogP contribution in [0, 0.1) is 0 Å². The van der Waals surface area contributed by atoms with Crippen molar-refractivity contribution in [3.05, 3.63) is 65.7 Å². The molecule has 0 unspecified atom stereocenters. The van der Waals surface area contributed by atoms with Gasteiger partial charge in [0.1, 0.15) is 5.75 Å². The van der Waals surface area contributed by atoms with E-state index in [9.17, 15) is 0 Å². The molecule has 7 nitrogen and oxygen atoms in total. The first-order valence-corrected chi connectivity index (χ1v) is 9.05. The van der Waals surface area contributed by atoms with E-state index in [2.05, 4.69) is 52.3 Å². The quantitative estimate of drug-likeness (QED) is 0.761. The maximum absolute atomic E-state index is 9.10. The van der Waals surface area contributed by atoms with Crippen LogP contribution in [0.1, 0.15) is 11.1 Å². The molecule has 1 saturated heterocycles. The second kappa shape index (κ2) is 11.1. The number of benzene rings is 2. The Morgan fingerprint density at radius 3 is 1.61 bits per heavy atom. The van der Waals surface area contributed by atoms with Crippen LogP contribution < -0.4 is 4.74 Å². The smallest absolute Gasteiger partial charge is 0.414 e. The van der Waals surface area contributed by atoms with Crippen molar-refractivity contribution in [3.63, 3.8) is 0 Å². The fourth-order valence-electron chi connectivity index (χ4n) is 2.94. The van der Waals surface area contributed by atoms with E-state index in [1.54, 1.807) is 7.11 Å². The third kappa shape index (κ3) is 7.38. The van der Waals surface area contributed by atoms with Gasteiger partial charge in [0.2, 0.25) is 0 Å². The van der Waals surface area contributed by atoms with Gasteiger partial charge in [-0.2, -0.15) is 0 Å². The first kappa shape index (κ1) is 21.4. The minimum atomic E-state index is -1.82. The number of carbonyl (C=O) groups is 2. The van der Waals surface area contributed by atoms with Crippen LogP contribution in [-0.4, -0.2) is 65.2 Å². The van der Waals surface area contributed by atoms with Crippen molar-refractivity contribution in [2.24, 2.45) is 0 Å². The number of carboxylic acids is 2. The Hall–Kier alpha value is -2.90. The summed E-state index contributed by atoms with van der Waals surface area (Å²) in [5.41, 5.74) is 2.77. The number of rotatable bonds is 5. The summed E-state index contributed by atoms with van der Waals surface area (Å²) < 4.78 is 5.21. The number of nitrogens with zero attached hydrogens (tertiary/aromatic N) is 2. The van der Waals surface area contributed by atoms with Crippen LogP contribution in [0.4, 0.5) is 0 Å². The van der Waals surface area contributed by atoms with Gasteiger partial charge in [-0.15, -0.1) is 0 Å². The van der Waals surface area contributed by atoms with Gasteiger partial charge in [0.15, 0.2) is 0 Å². The fraction of sp³-hybridized carbons (Fsp3) is 0.333. The van der Waals surface area contributed by atoms with Crippen molar-refractivity contribution in [2.45, 2.75) is 13.1 Å². The number of aliphatic carboxylic acids is 2. The normalized spacial score (nSPS) is 14.6. The second-order valence-electron chi connectivity index (χ2n) is 6.50. The standard InChI is InChI=1S/C19H24N2O.C2H2O4/c1-22-19-9-7-18(8-10-19)16-21-13-11-20(12-14-21)15-17-5-3-2-4-6-17;3-1(4)2(5)6/h2-10H,11-16H2,1H3;(H,3,4)(H,5,6). The monoisotopic (exact) mass is 386 g/mol. The van der Waals surface area contributed by atoms with Crippen LogP contribution in [0.5, 0.6) is 5.75 Å². The van der Waals surface area contributed by atoms with E-state index in [1.807, 2.05) is 12.1 Å². The number of methoxy groups -OCH3 is 1. The van der Waals surface area contributed by atoms with Crippen LogP contribution in [0.25, 0.3) is 0 Å². The summed E-state index contributed by atoms with van der Waals surface area (Å²) in [6.45, 7) is 6.66. The van der Waals surface area contributed by atoms with E-state index in [-0.39, 0.29) is 0 Å². The summed E-state index contributed by atoms with van der Waals surface area (Å²) in [5, 5.41) is 14.8. The molecule has 1 aliphatic rings. The zero-order valence-electron chi connectivity index (χ0n) is 16.0. The van der Waals surface area contributed by atoms with Gasteiger partial charge in [0, 0.05) is 39.3 Å². The summed E-state index contributed by atoms with van der Waals surface area (Å²) in [6, 6.07) is 19.2. The molecule has 0 aromatic heterocycles. The number of carboxylic acid groups (broad SMARTS) is 2. The molecule has 7 heteroatoms. The lowest BCUT2D eigenvalue weighted by Crippen LogP contribution is -2.45. The Morgan fingerprint density at radius 2 is 1.21 bits per heavy atom. The minimum Gasteiger partial charge on any atom is -0.497 e. The van der Waals surface area contributed by atoms with Crippen LogP contribution in [0.15, 0.2) is 54.6 Å². The fourth-order valence-corrected chi connectivity index (χ4v) is 2.94. The van der Waals surface area contributed by atoms with Gasteiger partial charge in [-0.05, 0) is 23.3 Å². The van der Waals surface area contributed by atoms with Gasteiger partial charge < -0.3 is 14.9 Å². The maximum atomic E-state index is 9.10. The second-order valence-corrected chi connectivity index (χ2v) is 6.50. The molecule has 0 bridgehead atoms. The summed E-state index contributed by atoms with van der Waals surface area (Å²) in [7, 11) is 1.71. The first-order valence-electron chi connectivity index (χ1n) is 9.05. The number of hydrogen-bond acceptors (Lipinski definition) is 5. The average molecular weight is 386 g/mol. The summed E-state index contributed by atoms with van der Waals surface area (Å²) in [5.74, 6) is -2.72. The average Bonchev–Trinajstić information content (AvgIpc) is 2.71. The molecule has 0 atom stereocenters. The summed E-state index contributed by atoms with van der Waals surface area (Å²) >= 11 is 0. The highest BCUT2D eigenvalue weighted by atomic mass is 16.5. The van der Waals surface area contributed by atoms with Gasteiger partial charge >= 0.3 is 11.9 Å². The lowest BCUT2D eigenvalue weighted by molar-refractivity contribution is -0.159. The van der Waals surface area contributed by atoms with Gasteiger partial charge in [-0.3, -0.25) is 9.80 Å². The van der Waals surface area contributed by atoms with E-state index in [4.69, 9.17) is 24.5 Å². The molecule has 3 rings (SSSR count). The SMILES string of the molecule is COc1ccc(CN2CCN(Cc3ccccc3)CC2)cc1.O=C(O)C(=O)O. The molecule has 2 aromatic rings. The highest BCUT2D eigenvalue weighted by Crippen LogP contribution is 2.15. The molecule has 1 aliphatic heterocycles. The Morgan fingerprint density at radius 1 is 0.786 bits per heavy atom. The molecule has 28 heavy (non-hydrogen) atoms. The van der Waals surface area contributed by atoms with Gasteiger partial charge in [0.05, 0.1) is 7.11 Å². The largest absolute Gasteiger partial charge is 0.497 e. The molecule has 2 aromatic carbocycles. The Labute approximate surface area is 164 Å². The van der Waals surface area contributed by atoms with Crippen molar-refractivity contribution in [3.8, 4) is 5.75 Å². The van der Waals surface area contributed by atoms with Gasteiger partial charge in [-0.1, -0.05) is 42.5 Å². The van der Waals surface area contributed by atoms with E-state index >= 15 is 0 Å². The molecule has 0 saturated carbocycles. The Balaban J connectivity index is 0.000000409. The number of piperazine rings is 1. The van der Waals surface area contributed by atoms with E-state index < -0.39 is 11.9 Å². The van der Waals surface area contributed by atoms with Crippen LogP contribution >= 0.6 is 0 Å². The van der Waals surface area contributed by atoms with Crippen molar-refractivity contribution in [1.82, 2.24) is 9.80 Å². The zero-order valence-corrected chi connectivity index (χ0v) is 16.0. The van der Waals surface area contributed by atoms with Crippen molar-refractivity contribution < 1.29 is 24.5 Å². The lowest BCUT2D eigenvalue weighted by atomic mass is 10.1. The molecular formula is C21H26N2O5. The Kier molecular flexibility index (Phi) is 8.45. The molecule has 0 amide bonds. The molecule has 0 radical (unpaired) electrons. The third-order valence-corrected chi connectivity index (χ3v) is 4.46. The highest BCUT2D eigenvalue weighted by molar-refractivity contribution is 6.27. The predicted molar refractivity (Wildman–Crippen MR) is 105 cm³/mol. The van der Waals surface area contributed by atoms with Crippen LogP contribution in [-0.2, 0) is 22.7 Å². The molecule has 1 fully saturated rings. The molecule has 0 aliphatic carbocycles. The number of ether oxygens (including phenoxy) is 1. The third-order valence-electron chi connectivity index (χ3n) is 4.46. The predicted octanol–water partition coefficient (Wildman–Crippen LogP) is 2.17. The lowest BCUT2D eigenvalue weighted by Gasteiger charge is -2.34. The Bertz CT molecular complexity index is 729. The van der Waals surface area contributed by atoms with Gasteiger partial charge in [-0.25, -0.2) is 9.59 Å². The van der Waals surface area contributed by atoms with E-state index in [0.717, 1.165) is 45.0 Å². The minimum absolute atomic E-state index is 0.927.